The fourth-order valence-corrected chi connectivity index (χ4v) is 3.22. The molecule has 15 heteroatoms. The number of esters is 1. The van der Waals surface area contributed by atoms with E-state index in [2.05, 4.69) is 10.6 Å². The van der Waals surface area contributed by atoms with E-state index < -0.39 is 73.7 Å². The summed E-state index contributed by atoms with van der Waals surface area (Å²) in [4.78, 5) is 88.0. The second-order valence-electron chi connectivity index (χ2n) is 11.4. The number of rotatable bonds is 17. The summed E-state index contributed by atoms with van der Waals surface area (Å²) in [6.07, 6.45) is -0.828. The first kappa shape index (κ1) is 35.6. The zero-order valence-corrected chi connectivity index (χ0v) is 24.5. The van der Waals surface area contributed by atoms with Crippen molar-refractivity contribution in [2.24, 2.45) is 5.41 Å². The van der Waals surface area contributed by atoms with Gasteiger partial charge in [0.25, 0.3) is 11.8 Å². The van der Waals surface area contributed by atoms with E-state index in [-0.39, 0.29) is 50.2 Å². The Labute approximate surface area is 238 Å². The van der Waals surface area contributed by atoms with Crippen LogP contribution < -0.4 is 10.6 Å². The zero-order valence-electron chi connectivity index (χ0n) is 24.5. The standard InChI is InChI=1S/C26H41N3O12/c1-25(2,3)9-17(30)12-37-13-19(31)27-10-18(39-16-24(36)41-29-21(33)7-8-22(29)34)11-28-20(32)14-38-15-23(35)40-26(4,5)6/h18H,7-16H2,1-6H3,(H,27,31)(H,28,32). The number of carbonyl (C=O) groups excluding carboxylic acids is 7. The molecule has 1 heterocycles. The van der Waals surface area contributed by atoms with Crippen LogP contribution in [0.3, 0.4) is 0 Å². The molecular formula is C26H41N3O12. The van der Waals surface area contributed by atoms with E-state index in [1.165, 1.54) is 0 Å². The highest BCUT2D eigenvalue weighted by Gasteiger charge is 2.33. The van der Waals surface area contributed by atoms with Crippen LogP contribution in [0, 0.1) is 5.41 Å². The minimum atomic E-state index is -1.04. The van der Waals surface area contributed by atoms with Crippen LogP contribution in [0.15, 0.2) is 0 Å². The van der Waals surface area contributed by atoms with Crippen LogP contribution in [0.1, 0.15) is 60.8 Å². The molecule has 0 aliphatic carbocycles. The average Bonchev–Trinajstić information content (AvgIpc) is 3.13. The fourth-order valence-electron chi connectivity index (χ4n) is 3.22. The van der Waals surface area contributed by atoms with Crippen LogP contribution in [0.4, 0.5) is 0 Å². The number of amides is 4. The molecule has 0 aromatic carbocycles. The van der Waals surface area contributed by atoms with E-state index in [9.17, 15) is 33.6 Å². The van der Waals surface area contributed by atoms with Crippen molar-refractivity contribution in [3.05, 3.63) is 0 Å². The summed E-state index contributed by atoms with van der Waals surface area (Å²) in [5, 5.41) is 5.35. The first-order valence-electron chi connectivity index (χ1n) is 13.1. The van der Waals surface area contributed by atoms with Gasteiger partial charge < -0.3 is 34.4 Å². The van der Waals surface area contributed by atoms with Gasteiger partial charge in [-0.05, 0) is 26.2 Å². The number of nitrogens with one attached hydrogen (secondary N) is 2. The molecule has 0 aromatic heterocycles. The SMILES string of the molecule is CC(C)(C)CC(=O)COCC(=O)NCC(CNC(=O)COCC(=O)OC(C)(C)C)OCC(=O)ON1C(=O)CCC1=O. The lowest BCUT2D eigenvalue weighted by Crippen LogP contribution is -2.44. The first-order valence-corrected chi connectivity index (χ1v) is 13.1. The van der Waals surface area contributed by atoms with Crippen molar-refractivity contribution >= 4 is 41.4 Å². The lowest BCUT2D eigenvalue weighted by atomic mass is 9.90. The largest absolute Gasteiger partial charge is 0.458 e. The van der Waals surface area contributed by atoms with Gasteiger partial charge in [0.1, 0.15) is 38.6 Å². The van der Waals surface area contributed by atoms with Crippen LogP contribution >= 0.6 is 0 Å². The molecule has 1 aliphatic rings. The van der Waals surface area contributed by atoms with Crippen molar-refractivity contribution in [2.75, 3.05) is 46.1 Å². The number of Topliss-reactive ketones (excluding diaryl/α,β-unsaturated/α-hetero) is 1. The summed E-state index contributed by atoms with van der Waals surface area (Å²) >= 11 is 0. The molecule has 2 N–H and O–H groups in total. The molecule has 0 bridgehead atoms. The molecule has 1 rings (SSSR count). The molecule has 0 radical (unpaired) electrons. The number of ketones is 1. The van der Waals surface area contributed by atoms with Crippen molar-refractivity contribution in [1.29, 1.82) is 0 Å². The highest BCUT2D eigenvalue weighted by Crippen LogP contribution is 2.18. The number of imide groups is 1. The molecule has 0 spiro atoms. The minimum absolute atomic E-state index is 0.0759. The van der Waals surface area contributed by atoms with Gasteiger partial charge in [0.05, 0.1) is 6.10 Å². The van der Waals surface area contributed by atoms with Crippen molar-refractivity contribution in [2.45, 2.75) is 72.5 Å². The minimum Gasteiger partial charge on any atom is -0.458 e. The molecule has 15 nitrogen and oxygen atoms in total. The molecule has 0 saturated carbocycles. The van der Waals surface area contributed by atoms with Gasteiger partial charge in [0, 0.05) is 32.4 Å². The Hall–Kier alpha value is -3.43. The van der Waals surface area contributed by atoms with Gasteiger partial charge in [-0.1, -0.05) is 20.8 Å². The monoisotopic (exact) mass is 587 g/mol. The van der Waals surface area contributed by atoms with Crippen molar-refractivity contribution in [3.8, 4) is 0 Å². The van der Waals surface area contributed by atoms with E-state index in [1.807, 2.05) is 20.8 Å². The van der Waals surface area contributed by atoms with Gasteiger partial charge in [-0.3, -0.25) is 24.0 Å². The summed E-state index contributed by atoms with van der Waals surface area (Å²) in [6, 6.07) is 0. The first-order chi connectivity index (χ1) is 18.9. The van der Waals surface area contributed by atoms with E-state index >= 15 is 0 Å². The quantitative estimate of drug-likeness (QED) is 0.165. The Morgan fingerprint density at radius 3 is 1.76 bits per heavy atom. The number of carbonyl (C=O) groups is 7. The third-order valence-corrected chi connectivity index (χ3v) is 4.79. The number of ether oxygens (including phenoxy) is 4. The number of hydroxylamine groups is 2. The normalized spacial score (nSPS) is 14.4. The van der Waals surface area contributed by atoms with Crippen LogP contribution in [-0.2, 0) is 57.3 Å². The second kappa shape index (κ2) is 16.7. The topological polar surface area (TPSA) is 193 Å². The van der Waals surface area contributed by atoms with Crippen LogP contribution in [0.25, 0.3) is 0 Å². The van der Waals surface area contributed by atoms with Gasteiger partial charge in [-0.25, -0.2) is 9.59 Å². The molecule has 41 heavy (non-hydrogen) atoms. The maximum atomic E-state index is 12.2. The van der Waals surface area contributed by atoms with Gasteiger partial charge >= 0.3 is 11.9 Å². The summed E-state index contributed by atoms with van der Waals surface area (Å²) in [5.41, 5.74) is -0.920. The van der Waals surface area contributed by atoms with Crippen LogP contribution in [-0.4, -0.2) is 104 Å². The predicted octanol–water partition coefficient (Wildman–Crippen LogP) is -0.409. The van der Waals surface area contributed by atoms with E-state index in [1.54, 1.807) is 20.8 Å². The third kappa shape index (κ3) is 17.1. The van der Waals surface area contributed by atoms with E-state index in [0.29, 0.717) is 5.06 Å². The molecule has 1 aliphatic heterocycles. The molecule has 1 saturated heterocycles. The Morgan fingerprint density at radius 1 is 0.756 bits per heavy atom. The van der Waals surface area contributed by atoms with Gasteiger partial charge in [-0.2, -0.15) is 0 Å². The number of hydrogen-bond donors (Lipinski definition) is 2. The summed E-state index contributed by atoms with van der Waals surface area (Å²) < 4.78 is 20.7. The van der Waals surface area contributed by atoms with Crippen molar-refractivity contribution < 1.29 is 57.3 Å². The summed E-state index contributed by atoms with van der Waals surface area (Å²) in [7, 11) is 0. The number of nitrogens with zero attached hydrogens (tertiary/aromatic N) is 1. The maximum Gasteiger partial charge on any atom is 0.358 e. The lowest BCUT2D eigenvalue weighted by Gasteiger charge is -2.20. The molecule has 0 aromatic rings. The average molecular weight is 588 g/mol. The van der Waals surface area contributed by atoms with Gasteiger partial charge in [-0.15, -0.1) is 5.06 Å². The molecule has 1 fully saturated rings. The smallest absolute Gasteiger partial charge is 0.358 e. The molecule has 1 atom stereocenters. The van der Waals surface area contributed by atoms with Crippen molar-refractivity contribution in [3.63, 3.8) is 0 Å². The number of hydrogen-bond acceptors (Lipinski definition) is 12. The molecular weight excluding hydrogens is 546 g/mol. The Kier molecular flexibility index (Phi) is 14.5. The fraction of sp³-hybridized carbons (Fsp3) is 0.731. The molecule has 4 amide bonds. The zero-order chi connectivity index (χ0) is 31.2. The Bertz CT molecular complexity index is 902. The summed E-state index contributed by atoms with van der Waals surface area (Å²) in [6.45, 7) is 8.11. The highest BCUT2D eigenvalue weighted by molar-refractivity contribution is 6.01. The maximum absolute atomic E-state index is 12.2. The highest BCUT2D eigenvalue weighted by atomic mass is 16.7. The Morgan fingerprint density at radius 2 is 1.27 bits per heavy atom. The predicted molar refractivity (Wildman–Crippen MR) is 140 cm³/mol. The third-order valence-electron chi connectivity index (χ3n) is 4.79. The van der Waals surface area contributed by atoms with Crippen LogP contribution in [0.2, 0.25) is 0 Å². The molecule has 232 valence electrons. The molecule has 1 unspecified atom stereocenters. The van der Waals surface area contributed by atoms with Gasteiger partial charge in [0.2, 0.25) is 11.8 Å². The van der Waals surface area contributed by atoms with E-state index in [4.69, 9.17) is 23.8 Å². The van der Waals surface area contributed by atoms with E-state index in [0.717, 1.165) is 0 Å². The lowest BCUT2D eigenvalue weighted by molar-refractivity contribution is -0.201. The van der Waals surface area contributed by atoms with Gasteiger partial charge in [0.15, 0.2) is 5.78 Å². The Balaban J connectivity index is 2.56. The van der Waals surface area contributed by atoms with Crippen LogP contribution in [0.5, 0.6) is 0 Å². The summed E-state index contributed by atoms with van der Waals surface area (Å²) in [5.74, 6) is -4.37. The van der Waals surface area contributed by atoms with Crippen molar-refractivity contribution in [1.82, 2.24) is 15.7 Å². The second-order valence-corrected chi connectivity index (χ2v) is 11.4.